The van der Waals surface area contributed by atoms with Gasteiger partial charge < -0.3 is 13.8 Å². The second kappa shape index (κ2) is 29.5. The molecule has 0 nitrogen and oxygen atoms in total. The average Bonchev–Trinajstić information content (AvgIpc) is 1.72. The van der Waals surface area contributed by atoms with Gasteiger partial charge in [-0.3, -0.25) is 0 Å². The van der Waals surface area contributed by atoms with Crippen molar-refractivity contribution in [3.63, 3.8) is 0 Å². The molecule has 0 atom stereocenters. The van der Waals surface area contributed by atoms with Gasteiger partial charge in [-0.15, -0.1) is 6.32 Å². The van der Waals surface area contributed by atoms with Crippen molar-refractivity contribution in [3.8, 4) is 0 Å². The molecule has 0 unspecified atom stereocenters. The van der Waals surface area contributed by atoms with E-state index in [0.717, 1.165) is 6.42 Å². The predicted molar refractivity (Wildman–Crippen MR) is 31.6 cm³/mol. The zero-order chi connectivity index (χ0) is 5.41. The van der Waals surface area contributed by atoms with Crippen LogP contribution in [-0.4, -0.2) is 7.85 Å². The van der Waals surface area contributed by atoms with Crippen molar-refractivity contribution < 1.29 is 21.1 Å². The van der Waals surface area contributed by atoms with Gasteiger partial charge >= 0.3 is 21.1 Å². The van der Waals surface area contributed by atoms with Gasteiger partial charge in [0.1, 0.15) is 0 Å². The molecule has 0 saturated heterocycles. The fourth-order valence-corrected chi connectivity index (χ4v) is 0. The van der Waals surface area contributed by atoms with E-state index < -0.39 is 0 Å². The molecular formula is C5H11BW. The van der Waals surface area contributed by atoms with Crippen molar-refractivity contribution >= 4 is 7.85 Å². The first-order chi connectivity index (χ1) is 2.91. The van der Waals surface area contributed by atoms with Crippen LogP contribution in [0.1, 0.15) is 13.3 Å². The third-order valence-electron chi connectivity index (χ3n) is 0.204. The van der Waals surface area contributed by atoms with Gasteiger partial charge in [0.2, 0.25) is 0 Å². The molecule has 0 aliphatic rings. The second-order valence-electron chi connectivity index (χ2n) is 0.642. The van der Waals surface area contributed by atoms with Gasteiger partial charge in [0, 0.05) is 0 Å². The molecule has 0 aromatic heterocycles. The van der Waals surface area contributed by atoms with Gasteiger partial charge in [-0.1, -0.05) is 0 Å². The molecule has 0 fully saturated rings. The second-order valence-corrected chi connectivity index (χ2v) is 0.642. The van der Waals surface area contributed by atoms with Crippen LogP contribution in [0.3, 0.4) is 0 Å². The maximum Gasteiger partial charge on any atom is 2.00 e. The van der Waals surface area contributed by atoms with E-state index in [1.165, 1.54) is 0 Å². The number of hydrogen-bond donors (Lipinski definition) is 0. The average molecular weight is 266 g/mol. The van der Waals surface area contributed by atoms with Crippen LogP contribution in [-0.2, 0) is 21.1 Å². The Morgan fingerprint density at radius 2 is 1.57 bits per heavy atom. The summed E-state index contributed by atoms with van der Waals surface area (Å²) in [6.45, 7) is 8.48. The predicted octanol–water partition coefficient (Wildman–Crippen LogP) is 1.64. The van der Waals surface area contributed by atoms with E-state index in [4.69, 9.17) is 7.85 Å². The first-order valence-corrected chi connectivity index (χ1v) is 2.12. The van der Waals surface area contributed by atoms with Crippen molar-refractivity contribution in [2.45, 2.75) is 19.7 Å². The molecule has 40 valence electrons. The van der Waals surface area contributed by atoms with E-state index in [1.807, 2.05) is 0 Å². The summed E-state index contributed by atoms with van der Waals surface area (Å²) in [7, 11) is 4.97. The maximum atomic E-state index is 4.97. The zero-order valence-corrected chi connectivity index (χ0v) is 7.75. The van der Waals surface area contributed by atoms with Crippen molar-refractivity contribution in [2.75, 3.05) is 0 Å². The third kappa shape index (κ3) is 49.6. The van der Waals surface area contributed by atoms with Gasteiger partial charge in [-0.05, 0) is 0 Å². The molecule has 0 aromatic rings. The topological polar surface area (TPSA) is 0 Å². The molecule has 2 heteroatoms. The van der Waals surface area contributed by atoms with Crippen molar-refractivity contribution in [2.24, 2.45) is 0 Å². The largest absolute Gasteiger partial charge is 2.00 e. The summed E-state index contributed by atoms with van der Waals surface area (Å²) in [4.78, 5) is 0. The zero-order valence-electron chi connectivity index (χ0n) is 4.81. The quantitative estimate of drug-likeness (QED) is 0.500. The normalized spacial score (nSPS) is 5.00. The molecule has 0 heterocycles. The molecule has 0 N–H and O–H groups in total. The van der Waals surface area contributed by atoms with Gasteiger partial charge in [-0.25, -0.2) is 0 Å². The summed E-state index contributed by atoms with van der Waals surface area (Å²) in [6.07, 6.45) is 1.56. The van der Waals surface area contributed by atoms with E-state index in [0.29, 0.717) is 6.32 Å². The van der Waals surface area contributed by atoms with Gasteiger partial charge in [0.15, 0.2) is 0 Å². The van der Waals surface area contributed by atoms with Crippen LogP contribution in [0.5, 0.6) is 0 Å². The summed E-state index contributed by atoms with van der Waals surface area (Å²) in [5.74, 6) is 0. The van der Waals surface area contributed by atoms with Crippen LogP contribution in [0, 0.1) is 13.8 Å². The van der Waals surface area contributed by atoms with Gasteiger partial charge in [-0.2, -0.15) is 13.3 Å². The molecule has 0 rings (SSSR count). The van der Waals surface area contributed by atoms with Crippen LogP contribution in [0.15, 0.2) is 0 Å². The summed E-state index contributed by atoms with van der Waals surface area (Å²) >= 11 is 0. The first kappa shape index (κ1) is 15.7. The maximum absolute atomic E-state index is 4.97. The van der Waals surface area contributed by atoms with Crippen molar-refractivity contribution in [1.29, 1.82) is 0 Å². The van der Waals surface area contributed by atoms with Crippen LogP contribution < -0.4 is 0 Å². The fourth-order valence-electron chi connectivity index (χ4n) is 0. The minimum Gasteiger partial charge on any atom is -0.346 e. The Balaban J connectivity index is -0.0000000480. The monoisotopic (exact) mass is 266 g/mol. The molecule has 0 aliphatic carbocycles. The minimum absolute atomic E-state index is 0. The van der Waals surface area contributed by atoms with E-state index in [1.54, 1.807) is 6.92 Å². The SMILES string of the molecule is [B]CC[CH2-].[CH2-]C.[W+2]. The third-order valence-corrected chi connectivity index (χ3v) is 0.204. The molecule has 0 amide bonds. The van der Waals surface area contributed by atoms with E-state index >= 15 is 0 Å². The Morgan fingerprint density at radius 1 is 1.43 bits per heavy atom. The number of rotatable bonds is 1. The molecule has 7 heavy (non-hydrogen) atoms. The molecule has 2 radical (unpaired) electrons. The molecule has 0 spiro atoms. The summed E-state index contributed by atoms with van der Waals surface area (Å²) in [6, 6.07) is 0. The summed E-state index contributed by atoms with van der Waals surface area (Å²) in [5, 5.41) is 0. The Hall–Kier alpha value is 0.753. The van der Waals surface area contributed by atoms with Crippen LogP contribution in [0.4, 0.5) is 0 Å². The Bertz CT molecular complexity index is 10.0. The minimum atomic E-state index is 0. The smallest absolute Gasteiger partial charge is 0.346 e. The van der Waals surface area contributed by atoms with Crippen LogP contribution in [0.2, 0.25) is 6.32 Å². The van der Waals surface area contributed by atoms with Crippen molar-refractivity contribution in [3.05, 3.63) is 13.8 Å². The Labute approximate surface area is 62.7 Å². The van der Waals surface area contributed by atoms with E-state index in [2.05, 4.69) is 13.8 Å². The Kier molecular flexibility index (Phi) is 65.9. The van der Waals surface area contributed by atoms with Crippen LogP contribution in [0.25, 0.3) is 0 Å². The molecule has 0 aromatic carbocycles. The molecule has 0 saturated carbocycles. The van der Waals surface area contributed by atoms with E-state index in [9.17, 15) is 0 Å². The van der Waals surface area contributed by atoms with E-state index in [-0.39, 0.29) is 21.1 Å². The fraction of sp³-hybridized carbons (Fsp3) is 0.600. The summed E-state index contributed by atoms with van der Waals surface area (Å²) < 4.78 is 0. The van der Waals surface area contributed by atoms with Crippen LogP contribution >= 0.6 is 0 Å². The molecule has 0 bridgehead atoms. The van der Waals surface area contributed by atoms with Gasteiger partial charge in [0.05, 0.1) is 7.85 Å². The van der Waals surface area contributed by atoms with Gasteiger partial charge in [0.25, 0.3) is 0 Å². The first-order valence-electron chi connectivity index (χ1n) is 2.12. The van der Waals surface area contributed by atoms with Crippen molar-refractivity contribution in [1.82, 2.24) is 0 Å². The summed E-state index contributed by atoms with van der Waals surface area (Å²) in [5.41, 5.74) is 0. The number of hydrogen-bond acceptors (Lipinski definition) is 0. The standard InChI is InChI=1S/C3H6B.C2H5.W/c1-2-3-4;1-2;/h1-3H2;1H2,2H3;/q2*-1;+2. The molecule has 0 aliphatic heterocycles. The Morgan fingerprint density at radius 3 is 1.57 bits per heavy atom. The molecular weight excluding hydrogens is 255 g/mol.